The first-order valence-corrected chi connectivity index (χ1v) is 9.62. The SMILES string of the molecule is Nc1cccc2cc(-c3nc([C@H]4CC[C@H](C(=O)O)CC4)n4ncnc(N)c34)[nH]c12. The van der Waals surface area contributed by atoms with Crippen molar-refractivity contribution in [1.82, 2.24) is 24.6 Å². The van der Waals surface area contributed by atoms with Crippen molar-refractivity contribution in [2.45, 2.75) is 31.6 Å². The van der Waals surface area contributed by atoms with Crippen molar-refractivity contribution in [2.75, 3.05) is 11.5 Å². The van der Waals surface area contributed by atoms with E-state index in [1.807, 2.05) is 24.3 Å². The zero-order chi connectivity index (χ0) is 20.1. The first-order chi connectivity index (χ1) is 14.0. The number of carbonyl (C=O) groups is 1. The monoisotopic (exact) mass is 391 g/mol. The molecule has 3 heterocycles. The molecule has 0 spiro atoms. The molecule has 4 aromatic rings. The first-order valence-electron chi connectivity index (χ1n) is 9.62. The molecule has 0 bridgehead atoms. The minimum atomic E-state index is -0.723. The average Bonchev–Trinajstić information content (AvgIpc) is 3.31. The fourth-order valence-electron chi connectivity index (χ4n) is 4.34. The van der Waals surface area contributed by atoms with Crippen LogP contribution in [0.4, 0.5) is 11.5 Å². The maximum atomic E-state index is 11.3. The number of nitrogen functional groups attached to an aromatic ring is 2. The lowest BCUT2D eigenvalue weighted by Crippen LogP contribution is -2.21. The van der Waals surface area contributed by atoms with Gasteiger partial charge >= 0.3 is 5.97 Å². The summed E-state index contributed by atoms with van der Waals surface area (Å²) in [6.07, 6.45) is 4.18. The Morgan fingerprint density at radius 1 is 1.21 bits per heavy atom. The molecule has 1 fully saturated rings. The maximum Gasteiger partial charge on any atom is 0.306 e. The molecule has 0 aliphatic heterocycles. The minimum absolute atomic E-state index is 0.121. The molecule has 0 amide bonds. The van der Waals surface area contributed by atoms with Crippen LogP contribution in [-0.4, -0.2) is 35.6 Å². The zero-order valence-corrected chi connectivity index (χ0v) is 15.7. The Hall–Kier alpha value is -3.62. The van der Waals surface area contributed by atoms with Crippen molar-refractivity contribution in [2.24, 2.45) is 5.92 Å². The Kier molecular flexibility index (Phi) is 3.90. The number of para-hydroxylation sites is 1. The highest BCUT2D eigenvalue weighted by Gasteiger charge is 2.31. The molecule has 9 heteroatoms. The summed E-state index contributed by atoms with van der Waals surface area (Å²) in [4.78, 5) is 23.7. The van der Waals surface area contributed by atoms with E-state index in [0.717, 1.165) is 35.3 Å². The van der Waals surface area contributed by atoms with E-state index in [2.05, 4.69) is 15.1 Å². The lowest BCUT2D eigenvalue weighted by molar-refractivity contribution is -0.142. The predicted molar refractivity (Wildman–Crippen MR) is 109 cm³/mol. The molecule has 0 saturated heterocycles. The van der Waals surface area contributed by atoms with E-state index < -0.39 is 5.97 Å². The number of aliphatic carboxylic acids is 1. The van der Waals surface area contributed by atoms with Gasteiger partial charge in [-0.2, -0.15) is 5.10 Å². The number of hydrogen-bond donors (Lipinski definition) is 4. The highest BCUT2D eigenvalue weighted by molar-refractivity contribution is 5.96. The van der Waals surface area contributed by atoms with Crippen LogP contribution < -0.4 is 11.5 Å². The van der Waals surface area contributed by atoms with Crippen molar-refractivity contribution >= 4 is 33.9 Å². The average molecular weight is 391 g/mol. The molecular weight excluding hydrogens is 370 g/mol. The van der Waals surface area contributed by atoms with Gasteiger partial charge in [0.1, 0.15) is 23.4 Å². The van der Waals surface area contributed by atoms with E-state index in [1.165, 1.54) is 6.33 Å². The third-order valence-corrected chi connectivity index (χ3v) is 5.87. The second-order valence-electron chi connectivity index (χ2n) is 7.61. The maximum absolute atomic E-state index is 11.3. The van der Waals surface area contributed by atoms with Gasteiger partial charge in [0.2, 0.25) is 0 Å². The minimum Gasteiger partial charge on any atom is -0.481 e. The number of nitrogens with one attached hydrogen (secondary N) is 1. The number of benzene rings is 1. The van der Waals surface area contributed by atoms with Gasteiger partial charge in [0.25, 0.3) is 0 Å². The van der Waals surface area contributed by atoms with Crippen LogP contribution >= 0.6 is 0 Å². The number of carboxylic acid groups (broad SMARTS) is 1. The third kappa shape index (κ3) is 2.77. The summed E-state index contributed by atoms with van der Waals surface area (Å²) in [6.45, 7) is 0. The summed E-state index contributed by atoms with van der Waals surface area (Å²) in [6, 6.07) is 7.73. The standard InChI is InChI=1S/C20H21N7O2/c21-13-3-1-2-12-8-14(25-15(12)13)16-17-18(22)23-9-24-27(17)19(26-16)10-4-6-11(7-5-10)20(28)29/h1-3,8-11,25H,4-7,21H2,(H,28,29)(H2,22,23,24)/t10-,11-. The number of nitrogens with zero attached hydrogens (tertiary/aromatic N) is 4. The molecule has 29 heavy (non-hydrogen) atoms. The van der Waals surface area contributed by atoms with Crippen LogP contribution in [-0.2, 0) is 4.79 Å². The van der Waals surface area contributed by atoms with E-state index in [1.54, 1.807) is 4.52 Å². The highest BCUT2D eigenvalue weighted by Crippen LogP contribution is 2.38. The molecule has 1 aliphatic carbocycles. The van der Waals surface area contributed by atoms with E-state index in [-0.39, 0.29) is 11.8 Å². The van der Waals surface area contributed by atoms with Crippen LogP contribution in [0.15, 0.2) is 30.6 Å². The number of aromatic nitrogens is 5. The number of aromatic amines is 1. The van der Waals surface area contributed by atoms with E-state index in [4.69, 9.17) is 16.5 Å². The van der Waals surface area contributed by atoms with Gasteiger partial charge in [-0.3, -0.25) is 4.79 Å². The molecule has 148 valence electrons. The molecular formula is C20H21N7O2. The Morgan fingerprint density at radius 2 is 2.00 bits per heavy atom. The van der Waals surface area contributed by atoms with Gasteiger partial charge in [-0.05, 0) is 37.8 Å². The van der Waals surface area contributed by atoms with Gasteiger partial charge in [-0.1, -0.05) is 12.1 Å². The summed E-state index contributed by atoms with van der Waals surface area (Å²) < 4.78 is 1.75. The molecule has 0 unspecified atom stereocenters. The molecule has 0 atom stereocenters. The Balaban J connectivity index is 1.63. The van der Waals surface area contributed by atoms with Crippen LogP contribution in [0.3, 0.4) is 0 Å². The molecule has 0 radical (unpaired) electrons. The van der Waals surface area contributed by atoms with Gasteiger partial charge in [-0.15, -0.1) is 0 Å². The van der Waals surface area contributed by atoms with Crippen molar-refractivity contribution in [3.8, 4) is 11.4 Å². The number of carboxylic acids is 1. The third-order valence-electron chi connectivity index (χ3n) is 5.87. The van der Waals surface area contributed by atoms with Crippen LogP contribution in [0.1, 0.15) is 37.4 Å². The van der Waals surface area contributed by atoms with Gasteiger partial charge in [0.05, 0.1) is 22.8 Å². The number of nitrogens with two attached hydrogens (primary N) is 2. The molecule has 1 aromatic carbocycles. The van der Waals surface area contributed by atoms with Crippen LogP contribution in [0.25, 0.3) is 27.8 Å². The normalized spacial score (nSPS) is 19.7. The summed E-state index contributed by atoms with van der Waals surface area (Å²) >= 11 is 0. The molecule has 6 N–H and O–H groups in total. The van der Waals surface area contributed by atoms with E-state index >= 15 is 0 Å². The van der Waals surface area contributed by atoms with E-state index in [0.29, 0.717) is 35.6 Å². The van der Waals surface area contributed by atoms with Crippen molar-refractivity contribution in [3.05, 3.63) is 36.4 Å². The lowest BCUT2D eigenvalue weighted by Gasteiger charge is -2.24. The Labute approximate surface area is 165 Å². The number of rotatable bonds is 3. The van der Waals surface area contributed by atoms with Crippen LogP contribution in [0.5, 0.6) is 0 Å². The van der Waals surface area contributed by atoms with Crippen LogP contribution in [0.2, 0.25) is 0 Å². The molecule has 3 aromatic heterocycles. The fourth-order valence-corrected chi connectivity index (χ4v) is 4.34. The van der Waals surface area contributed by atoms with Crippen molar-refractivity contribution in [3.63, 3.8) is 0 Å². The highest BCUT2D eigenvalue weighted by atomic mass is 16.4. The number of imidazole rings is 1. The zero-order valence-electron chi connectivity index (χ0n) is 15.7. The van der Waals surface area contributed by atoms with Gasteiger partial charge < -0.3 is 21.6 Å². The predicted octanol–water partition coefficient (Wildman–Crippen LogP) is 2.80. The van der Waals surface area contributed by atoms with Crippen molar-refractivity contribution < 1.29 is 9.90 Å². The van der Waals surface area contributed by atoms with Crippen LogP contribution in [0, 0.1) is 5.92 Å². The van der Waals surface area contributed by atoms with Gasteiger partial charge in [0.15, 0.2) is 5.82 Å². The number of hydrogen-bond acceptors (Lipinski definition) is 6. The summed E-state index contributed by atoms with van der Waals surface area (Å²) in [5.41, 5.74) is 15.9. The quantitative estimate of drug-likeness (QED) is 0.392. The van der Waals surface area contributed by atoms with Gasteiger partial charge in [0, 0.05) is 11.3 Å². The number of H-pyrrole nitrogens is 1. The van der Waals surface area contributed by atoms with Crippen molar-refractivity contribution in [1.29, 1.82) is 0 Å². The number of anilines is 2. The molecule has 1 aliphatic rings. The number of fused-ring (bicyclic) bond motifs is 2. The molecule has 1 saturated carbocycles. The summed E-state index contributed by atoms with van der Waals surface area (Å²) in [7, 11) is 0. The topological polar surface area (TPSA) is 148 Å². The molecule has 5 rings (SSSR count). The van der Waals surface area contributed by atoms with Gasteiger partial charge in [-0.25, -0.2) is 14.5 Å². The smallest absolute Gasteiger partial charge is 0.306 e. The molecule has 9 nitrogen and oxygen atoms in total. The Morgan fingerprint density at radius 3 is 2.72 bits per heavy atom. The Bertz CT molecular complexity index is 1230. The summed E-state index contributed by atoms with van der Waals surface area (Å²) in [5.74, 6) is 0.252. The first kappa shape index (κ1) is 17.5. The van der Waals surface area contributed by atoms with E-state index in [9.17, 15) is 9.90 Å². The fraction of sp³-hybridized carbons (Fsp3) is 0.300. The second kappa shape index (κ2) is 6.47. The summed E-state index contributed by atoms with van der Waals surface area (Å²) in [5, 5.41) is 14.7. The lowest BCUT2D eigenvalue weighted by atomic mass is 9.82. The largest absolute Gasteiger partial charge is 0.481 e. The second-order valence-corrected chi connectivity index (χ2v) is 7.61.